The van der Waals surface area contributed by atoms with Gasteiger partial charge in [0.25, 0.3) is 0 Å². The van der Waals surface area contributed by atoms with E-state index in [0.717, 1.165) is 59.6 Å². The van der Waals surface area contributed by atoms with E-state index in [1.165, 1.54) is 0 Å². The fourth-order valence-electron chi connectivity index (χ4n) is 4.97. The number of hydrogen-bond acceptors (Lipinski definition) is 3. The minimum atomic E-state index is -0.478. The number of fused-ring (bicyclic) bond motifs is 1. The molecule has 5 nitrogen and oxygen atoms in total. The van der Waals surface area contributed by atoms with Gasteiger partial charge in [0.1, 0.15) is 6.54 Å². The summed E-state index contributed by atoms with van der Waals surface area (Å²) in [6.07, 6.45) is 7.66. The van der Waals surface area contributed by atoms with Gasteiger partial charge in [-0.25, -0.2) is 4.39 Å². The fourth-order valence-corrected chi connectivity index (χ4v) is 6.19. The second kappa shape index (κ2) is 10.5. The predicted octanol–water partition coefficient (Wildman–Crippen LogP) is 6.56. The molecule has 0 bridgehead atoms. The Morgan fingerprint density at radius 3 is 2.77 bits per heavy atom. The lowest BCUT2D eigenvalue weighted by Gasteiger charge is -2.36. The first-order valence-corrected chi connectivity index (χ1v) is 13.2. The number of carbonyl (C=O) groups excluding carboxylic acids is 1. The van der Waals surface area contributed by atoms with Gasteiger partial charge in [0.15, 0.2) is 5.82 Å². The van der Waals surface area contributed by atoms with Gasteiger partial charge >= 0.3 is 0 Å². The van der Waals surface area contributed by atoms with E-state index in [9.17, 15) is 4.79 Å². The number of nitrogens with zero attached hydrogens (tertiary/aromatic N) is 4. The smallest absolute Gasteiger partial charge is 0.242 e. The average molecular weight is 511 g/mol. The molecule has 0 spiro atoms. The monoisotopic (exact) mass is 510 g/mol. The van der Waals surface area contributed by atoms with Gasteiger partial charge in [-0.05, 0) is 62.9 Å². The van der Waals surface area contributed by atoms with Crippen molar-refractivity contribution in [3.63, 3.8) is 0 Å². The summed E-state index contributed by atoms with van der Waals surface area (Å²) < 4.78 is 19.1. The normalized spacial score (nSPS) is 16.2. The lowest BCUT2D eigenvalue weighted by Crippen LogP contribution is -2.45. The molecule has 0 N–H and O–H groups in total. The van der Waals surface area contributed by atoms with Crippen LogP contribution >= 0.6 is 23.4 Å². The maximum absolute atomic E-state index is 15.3. The molecule has 1 atom stereocenters. The number of hydrogen-bond donors (Lipinski definition) is 0. The lowest BCUT2D eigenvalue weighted by atomic mass is 9.99. The van der Waals surface area contributed by atoms with Crippen molar-refractivity contribution in [1.82, 2.24) is 19.2 Å². The Hall–Kier alpha value is -2.77. The van der Waals surface area contributed by atoms with Crippen molar-refractivity contribution in [2.75, 3.05) is 6.54 Å². The molecule has 0 aliphatic carbocycles. The van der Waals surface area contributed by atoms with Crippen molar-refractivity contribution in [2.24, 2.45) is 0 Å². The maximum Gasteiger partial charge on any atom is 0.242 e. The van der Waals surface area contributed by atoms with Gasteiger partial charge in [-0.1, -0.05) is 41.6 Å². The third kappa shape index (κ3) is 4.98. The number of carbonyl (C=O) groups is 1. The van der Waals surface area contributed by atoms with Crippen molar-refractivity contribution in [1.29, 1.82) is 0 Å². The van der Waals surface area contributed by atoms with Crippen LogP contribution in [0, 0.1) is 12.7 Å². The molecule has 5 rings (SSSR count). The molecule has 1 aliphatic rings. The van der Waals surface area contributed by atoms with Gasteiger partial charge in [-0.3, -0.25) is 9.48 Å². The molecule has 1 saturated heterocycles. The molecule has 2 aromatic heterocycles. The summed E-state index contributed by atoms with van der Waals surface area (Å²) >= 11 is 7.76. The molecule has 4 aromatic rings. The summed E-state index contributed by atoms with van der Waals surface area (Å²) in [5.74, 6) is -0.459. The molecule has 182 valence electrons. The van der Waals surface area contributed by atoms with Gasteiger partial charge in [0, 0.05) is 52.4 Å². The maximum atomic E-state index is 15.3. The minimum absolute atomic E-state index is 0.0193. The number of benzene rings is 2. The lowest BCUT2D eigenvalue weighted by molar-refractivity contribution is -0.135. The van der Waals surface area contributed by atoms with Crippen molar-refractivity contribution in [3.05, 3.63) is 77.5 Å². The highest BCUT2D eigenvalue weighted by molar-refractivity contribution is 7.99. The standard InChI is InChI=1S/C27H28ClFN4OS/c1-19-27(35-21-9-3-2-4-10-21)22-11-12-23(28)25(29)26(22)33(19)18-24(34)32-16-6-5-8-20(32)13-17-31-15-7-14-30-31/h2-4,7,9-12,14-15,20H,5-6,8,13,16-18H2,1H3. The van der Waals surface area contributed by atoms with Crippen LogP contribution < -0.4 is 0 Å². The van der Waals surface area contributed by atoms with Crippen LogP contribution in [0.3, 0.4) is 0 Å². The SMILES string of the molecule is Cc1c(Sc2ccccc2)c2ccc(Cl)c(F)c2n1CC(=O)N1CCCCC1CCn1cccn1. The summed E-state index contributed by atoms with van der Waals surface area (Å²) in [6.45, 7) is 3.55. The molecule has 0 radical (unpaired) electrons. The van der Waals surface area contributed by atoms with Crippen LogP contribution in [0.15, 0.2) is 70.7 Å². The minimum Gasteiger partial charge on any atom is -0.338 e. The van der Waals surface area contributed by atoms with E-state index in [4.69, 9.17) is 11.6 Å². The second-order valence-corrected chi connectivity index (χ2v) is 10.5. The topological polar surface area (TPSA) is 43.1 Å². The zero-order valence-electron chi connectivity index (χ0n) is 19.7. The van der Waals surface area contributed by atoms with Crippen LogP contribution in [0.25, 0.3) is 10.9 Å². The molecular formula is C27H28ClFN4OS. The summed E-state index contributed by atoms with van der Waals surface area (Å²) in [4.78, 5) is 17.6. The molecule has 1 amide bonds. The van der Waals surface area contributed by atoms with Gasteiger partial charge in [-0.15, -0.1) is 0 Å². The Bertz CT molecular complexity index is 1320. The number of piperidine rings is 1. The van der Waals surface area contributed by atoms with Crippen LogP contribution in [0.1, 0.15) is 31.4 Å². The van der Waals surface area contributed by atoms with Crippen LogP contribution in [0.2, 0.25) is 5.02 Å². The molecule has 35 heavy (non-hydrogen) atoms. The first-order valence-electron chi connectivity index (χ1n) is 12.0. The average Bonchev–Trinajstić information content (AvgIpc) is 3.49. The highest BCUT2D eigenvalue weighted by atomic mass is 35.5. The van der Waals surface area contributed by atoms with E-state index in [1.807, 2.05) is 69.7 Å². The van der Waals surface area contributed by atoms with E-state index in [0.29, 0.717) is 5.52 Å². The number of amides is 1. The quantitative estimate of drug-likeness (QED) is 0.283. The molecule has 0 saturated carbocycles. The summed E-state index contributed by atoms with van der Waals surface area (Å²) in [5, 5.41) is 5.13. The predicted molar refractivity (Wildman–Crippen MR) is 138 cm³/mol. The van der Waals surface area contributed by atoms with Crippen molar-refractivity contribution in [2.45, 2.75) is 61.5 Å². The Kier molecular flexibility index (Phi) is 7.16. The summed E-state index contributed by atoms with van der Waals surface area (Å²) in [7, 11) is 0. The zero-order valence-corrected chi connectivity index (χ0v) is 21.2. The molecule has 2 aromatic carbocycles. The highest BCUT2D eigenvalue weighted by Gasteiger charge is 2.28. The van der Waals surface area contributed by atoms with Crippen molar-refractivity contribution >= 4 is 40.2 Å². The third-order valence-electron chi connectivity index (χ3n) is 6.77. The van der Waals surface area contributed by atoms with Gasteiger partial charge in [0.05, 0.1) is 10.5 Å². The Balaban J connectivity index is 1.45. The highest BCUT2D eigenvalue weighted by Crippen LogP contribution is 2.40. The van der Waals surface area contributed by atoms with E-state index in [2.05, 4.69) is 5.10 Å². The first kappa shape index (κ1) is 23.9. The van der Waals surface area contributed by atoms with Crippen LogP contribution in [0.5, 0.6) is 0 Å². The molecule has 8 heteroatoms. The first-order chi connectivity index (χ1) is 17.0. The Labute approximate surface area is 213 Å². The summed E-state index contributed by atoms with van der Waals surface area (Å²) in [5.41, 5.74) is 1.26. The molecular weight excluding hydrogens is 483 g/mol. The number of likely N-dealkylation sites (tertiary alicyclic amines) is 1. The molecule has 1 aliphatic heterocycles. The van der Waals surface area contributed by atoms with E-state index >= 15 is 4.39 Å². The van der Waals surface area contributed by atoms with E-state index < -0.39 is 5.82 Å². The van der Waals surface area contributed by atoms with Crippen LogP contribution in [0.4, 0.5) is 4.39 Å². The molecule has 1 fully saturated rings. The Morgan fingerprint density at radius 1 is 1.17 bits per heavy atom. The van der Waals surface area contributed by atoms with Gasteiger partial charge in [0.2, 0.25) is 5.91 Å². The largest absolute Gasteiger partial charge is 0.338 e. The second-order valence-electron chi connectivity index (χ2n) is 8.97. The van der Waals surface area contributed by atoms with Crippen LogP contribution in [-0.4, -0.2) is 37.7 Å². The fraction of sp³-hybridized carbons (Fsp3) is 0.333. The van der Waals surface area contributed by atoms with Crippen molar-refractivity contribution in [3.8, 4) is 0 Å². The summed E-state index contributed by atoms with van der Waals surface area (Å²) in [6, 6.07) is 15.5. The van der Waals surface area contributed by atoms with Crippen LogP contribution in [-0.2, 0) is 17.9 Å². The van der Waals surface area contributed by atoms with Gasteiger partial charge in [-0.2, -0.15) is 5.10 Å². The van der Waals surface area contributed by atoms with E-state index in [-0.39, 0.29) is 23.5 Å². The number of halogens is 2. The number of aryl methyl sites for hydroxylation is 1. The Morgan fingerprint density at radius 2 is 2.00 bits per heavy atom. The van der Waals surface area contributed by atoms with E-state index in [1.54, 1.807) is 24.0 Å². The number of rotatable bonds is 7. The third-order valence-corrected chi connectivity index (χ3v) is 8.29. The van der Waals surface area contributed by atoms with Crippen molar-refractivity contribution < 1.29 is 9.18 Å². The molecule has 1 unspecified atom stereocenters. The zero-order chi connectivity index (χ0) is 24.4. The number of aromatic nitrogens is 3. The molecule has 3 heterocycles. The van der Waals surface area contributed by atoms with Gasteiger partial charge < -0.3 is 9.47 Å².